The Kier molecular flexibility index (Phi) is 8.10. The molecule has 0 aliphatic carbocycles. The summed E-state index contributed by atoms with van der Waals surface area (Å²) in [6.07, 6.45) is 0. The molecule has 0 aliphatic heterocycles. The van der Waals surface area contributed by atoms with Gasteiger partial charge in [0.1, 0.15) is 42.0 Å². The fourth-order valence-corrected chi connectivity index (χ4v) is 7.99. The number of furan rings is 1. The monoisotopic (exact) mass is 728 g/mol. The molecule has 0 aliphatic rings. The quantitative estimate of drug-likeness (QED) is 0.0662. The number of aliphatic hydroxyl groups excluding tert-OH is 3. The number of hydrogen-bond donors (Lipinski definition) is 5. The van der Waals surface area contributed by atoms with Gasteiger partial charge < -0.3 is 29.9 Å². The summed E-state index contributed by atoms with van der Waals surface area (Å²) in [4.78, 5) is 0. The lowest BCUT2D eigenvalue weighted by atomic mass is 9.76. The van der Waals surface area contributed by atoms with Crippen LogP contribution in [0.4, 0.5) is 0 Å². The van der Waals surface area contributed by atoms with Gasteiger partial charge in [0.15, 0.2) is 5.76 Å². The highest BCUT2D eigenvalue weighted by Crippen LogP contribution is 2.53. The van der Waals surface area contributed by atoms with Gasteiger partial charge in [-0.25, -0.2) is 0 Å². The van der Waals surface area contributed by atoms with Crippen LogP contribution in [0.2, 0.25) is 0 Å². The Morgan fingerprint density at radius 3 is 1.82 bits per heavy atom. The van der Waals surface area contributed by atoms with Crippen LogP contribution in [-0.4, -0.2) is 33.4 Å². The molecule has 268 valence electrons. The first kappa shape index (κ1) is 34.4. The lowest BCUT2D eigenvalue weighted by Crippen LogP contribution is -2.11. The zero-order chi connectivity index (χ0) is 38.8. The molecule has 2 radical (unpaired) electrons. The summed E-state index contributed by atoms with van der Waals surface area (Å²) >= 11 is 0. The number of allylic oxidation sites excluding steroid dienone is 1. The summed E-state index contributed by atoms with van der Waals surface area (Å²) in [7, 11) is 6.75. The van der Waals surface area contributed by atoms with Crippen LogP contribution in [0.1, 0.15) is 18.1 Å². The Bertz CT molecular complexity index is 3100. The maximum absolute atomic E-state index is 12.6. The number of phenols is 2. The van der Waals surface area contributed by atoms with Gasteiger partial charge in [-0.1, -0.05) is 122 Å². The van der Waals surface area contributed by atoms with Crippen molar-refractivity contribution < 1.29 is 29.9 Å². The molecule has 0 atom stereocenters. The van der Waals surface area contributed by atoms with E-state index in [1.165, 1.54) is 6.92 Å². The normalized spacial score (nSPS) is 12.1. The zero-order valence-electron chi connectivity index (χ0n) is 30.2. The molecule has 5 N–H and O–H groups in total. The van der Waals surface area contributed by atoms with Gasteiger partial charge >= 0.3 is 0 Å². The Morgan fingerprint density at radius 1 is 0.518 bits per heavy atom. The predicted molar refractivity (Wildman–Crippen MR) is 229 cm³/mol. The van der Waals surface area contributed by atoms with E-state index in [1.54, 1.807) is 36.4 Å². The molecule has 56 heavy (non-hydrogen) atoms. The van der Waals surface area contributed by atoms with Gasteiger partial charge in [-0.15, -0.1) is 0 Å². The highest BCUT2D eigenvalue weighted by Gasteiger charge is 2.32. The van der Waals surface area contributed by atoms with Crippen molar-refractivity contribution in [2.45, 2.75) is 6.92 Å². The fraction of sp³-hybridized carbons (Fsp3) is 0.0204. The Morgan fingerprint density at radius 2 is 1.09 bits per heavy atom. The van der Waals surface area contributed by atoms with Crippen LogP contribution in [-0.2, 0) is 0 Å². The summed E-state index contributed by atoms with van der Waals surface area (Å²) in [5.41, 5.74) is 5.26. The second-order valence-electron chi connectivity index (χ2n) is 13.9. The largest absolute Gasteiger partial charge is 0.509 e. The molecule has 0 bridgehead atoms. The molecule has 0 spiro atoms. The lowest BCUT2D eigenvalue weighted by Gasteiger charge is -2.26. The average molecular weight is 729 g/mol. The predicted octanol–water partition coefficient (Wildman–Crippen LogP) is 12.1. The van der Waals surface area contributed by atoms with Crippen molar-refractivity contribution in [3.8, 4) is 56.0 Å². The molecule has 1 heterocycles. The second-order valence-corrected chi connectivity index (χ2v) is 13.9. The standard InChI is InChI=1S/C49H33BO6/c1-26(51)39-40(31-19-16-29(17-20-31)33-21-18-28-10-6-7-13-32(28)24-33)45-44(48(54)42(46(50)49(45)55)30-11-4-3-5-12-30)41(43(39)47(53)27(2)52)34-22-23-38-36(25-34)35-14-8-9-15-37(35)56-38/h3-25,51-55H,1H2,2H3/b47-27-. The number of benzene rings is 8. The van der Waals surface area contributed by atoms with Crippen LogP contribution in [0.15, 0.2) is 156 Å². The molecule has 0 saturated heterocycles. The van der Waals surface area contributed by atoms with E-state index < -0.39 is 17.3 Å². The minimum absolute atomic E-state index is 0.00996. The second kappa shape index (κ2) is 13.2. The van der Waals surface area contributed by atoms with Gasteiger partial charge in [0.25, 0.3) is 0 Å². The molecular formula is C49H33BO6. The fourth-order valence-electron chi connectivity index (χ4n) is 7.99. The van der Waals surface area contributed by atoms with Gasteiger partial charge in [0.05, 0.1) is 0 Å². The van der Waals surface area contributed by atoms with Crippen LogP contribution in [0.5, 0.6) is 11.5 Å². The van der Waals surface area contributed by atoms with Crippen molar-refractivity contribution in [3.05, 3.63) is 163 Å². The highest BCUT2D eigenvalue weighted by molar-refractivity contribution is 6.42. The number of hydrogen-bond acceptors (Lipinski definition) is 6. The summed E-state index contributed by atoms with van der Waals surface area (Å²) in [5, 5.41) is 63.4. The maximum Gasteiger partial charge on any atom is 0.161 e. The van der Waals surface area contributed by atoms with E-state index in [1.807, 2.05) is 78.9 Å². The third-order valence-corrected chi connectivity index (χ3v) is 10.6. The summed E-state index contributed by atoms with van der Waals surface area (Å²) < 4.78 is 6.13. The number of aliphatic hydroxyl groups is 3. The number of aromatic hydroxyl groups is 2. The molecule has 1 aromatic heterocycles. The van der Waals surface area contributed by atoms with Crippen molar-refractivity contribution in [1.29, 1.82) is 0 Å². The molecule has 7 heteroatoms. The first-order chi connectivity index (χ1) is 27.1. The molecule has 9 aromatic rings. The molecule has 9 rings (SSSR count). The molecule has 6 nitrogen and oxygen atoms in total. The van der Waals surface area contributed by atoms with Gasteiger partial charge in [-0.05, 0) is 75.2 Å². The van der Waals surface area contributed by atoms with E-state index in [-0.39, 0.29) is 55.6 Å². The van der Waals surface area contributed by atoms with Crippen molar-refractivity contribution in [2.24, 2.45) is 0 Å². The van der Waals surface area contributed by atoms with Crippen molar-refractivity contribution in [2.75, 3.05) is 0 Å². The summed E-state index contributed by atoms with van der Waals surface area (Å²) in [5.74, 6) is -2.08. The van der Waals surface area contributed by atoms with Gasteiger partial charge in [0, 0.05) is 49.4 Å². The van der Waals surface area contributed by atoms with E-state index in [4.69, 9.17) is 12.3 Å². The van der Waals surface area contributed by atoms with E-state index >= 15 is 0 Å². The smallest absolute Gasteiger partial charge is 0.161 e. The Labute approximate surface area is 323 Å². The molecule has 0 saturated carbocycles. The van der Waals surface area contributed by atoms with Crippen LogP contribution in [0.3, 0.4) is 0 Å². The zero-order valence-corrected chi connectivity index (χ0v) is 30.2. The van der Waals surface area contributed by atoms with Crippen LogP contribution in [0.25, 0.3) is 99.5 Å². The first-order valence-corrected chi connectivity index (χ1v) is 18.0. The molecular weight excluding hydrogens is 695 g/mol. The topological polar surface area (TPSA) is 114 Å². The average Bonchev–Trinajstić information content (AvgIpc) is 3.60. The van der Waals surface area contributed by atoms with Gasteiger partial charge in [-0.3, -0.25) is 0 Å². The lowest BCUT2D eigenvalue weighted by molar-refractivity contribution is 0.383. The van der Waals surface area contributed by atoms with Crippen molar-refractivity contribution in [3.63, 3.8) is 0 Å². The van der Waals surface area contributed by atoms with Gasteiger partial charge in [0.2, 0.25) is 0 Å². The van der Waals surface area contributed by atoms with Crippen molar-refractivity contribution in [1.82, 2.24) is 0 Å². The molecule has 0 amide bonds. The number of para-hydroxylation sites is 1. The van der Waals surface area contributed by atoms with E-state index in [2.05, 4.69) is 30.8 Å². The molecule has 0 unspecified atom stereocenters. The van der Waals surface area contributed by atoms with Crippen LogP contribution >= 0.6 is 0 Å². The maximum atomic E-state index is 12.6. The van der Waals surface area contributed by atoms with Crippen molar-refractivity contribution >= 4 is 68.3 Å². The van der Waals surface area contributed by atoms with E-state index in [0.29, 0.717) is 27.9 Å². The third-order valence-electron chi connectivity index (χ3n) is 10.6. The molecule has 8 aromatic carbocycles. The minimum atomic E-state index is -0.560. The van der Waals surface area contributed by atoms with Gasteiger partial charge in [-0.2, -0.15) is 0 Å². The SMILES string of the molecule is [B]c1c(-c2ccccc2)c(O)c2c(-c3ccc4oc5ccccc5c4c3)c(/C(O)=C(\C)O)c(C(=C)O)c(-c3ccc(-c4ccc5ccccc5c4)cc3)c2c1O. The Hall–Kier alpha value is -7.38. The number of rotatable bonds is 6. The van der Waals surface area contributed by atoms with E-state index in [0.717, 1.165) is 32.7 Å². The minimum Gasteiger partial charge on any atom is -0.509 e. The van der Waals surface area contributed by atoms with Crippen LogP contribution in [0, 0.1) is 0 Å². The van der Waals surface area contributed by atoms with Crippen LogP contribution < -0.4 is 5.46 Å². The third kappa shape index (κ3) is 5.36. The first-order valence-electron chi connectivity index (χ1n) is 18.0. The Balaban J connectivity index is 1.43. The number of fused-ring (bicyclic) bond motifs is 5. The summed E-state index contributed by atoms with van der Waals surface area (Å²) in [6.45, 7) is 5.25. The highest BCUT2D eigenvalue weighted by atomic mass is 16.3. The molecule has 0 fully saturated rings. The number of phenolic OH excluding ortho intramolecular Hbond substituents is 2. The van der Waals surface area contributed by atoms with E-state index in [9.17, 15) is 25.5 Å². The summed E-state index contributed by atoms with van der Waals surface area (Å²) in [6, 6.07) is 43.8.